The number of nitrogens with one attached hydrogen (secondary N) is 1. The van der Waals surface area contributed by atoms with Crippen LogP contribution in [0.4, 0.5) is 0 Å². The number of piperidine rings is 1. The molecule has 1 aliphatic heterocycles. The number of hydrogen-bond acceptors (Lipinski definition) is 2. The Morgan fingerprint density at radius 3 is 2.46 bits per heavy atom. The van der Waals surface area contributed by atoms with Gasteiger partial charge in [-0.15, -0.1) is 0 Å². The van der Waals surface area contributed by atoms with Crippen LogP contribution in [0.15, 0.2) is 0 Å². The van der Waals surface area contributed by atoms with Gasteiger partial charge >= 0.3 is 0 Å². The summed E-state index contributed by atoms with van der Waals surface area (Å²) in [6.45, 7) is 3.82. The van der Waals surface area contributed by atoms with E-state index in [1.807, 2.05) is 0 Å². The molecule has 13 heavy (non-hydrogen) atoms. The Morgan fingerprint density at radius 1 is 1.15 bits per heavy atom. The summed E-state index contributed by atoms with van der Waals surface area (Å²) in [6.07, 6.45) is 7.11. The minimum atomic E-state index is 0.815. The Kier molecular flexibility index (Phi) is 3.23. The summed E-state index contributed by atoms with van der Waals surface area (Å²) in [5.41, 5.74) is 0. The molecule has 2 heteroatoms. The molecule has 0 aromatic carbocycles. The normalized spacial score (nSPS) is 26.5. The molecule has 0 atom stereocenters. The van der Waals surface area contributed by atoms with E-state index in [0.29, 0.717) is 0 Å². The van der Waals surface area contributed by atoms with Gasteiger partial charge in [-0.1, -0.05) is 12.8 Å². The van der Waals surface area contributed by atoms with Crippen molar-refractivity contribution in [3.05, 3.63) is 0 Å². The first-order valence-electron chi connectivity index (χ1n) is 5.76. The van der Waals surface area contributed by atoms with Crippen LogP contribution in [0.2, 0.25) is 0 Å². The number of nitrogens with zero attached hydrogens (tertiary/aromatic N) is 1. The van der Waals surface area contributed by atoms with E-state index in [2.05, 4.69) is 17.3 Å². The predicted molar refractivity (Wildman–Crippen MR) is 55.9 cm³/mol. The molecule has 2 fully saturated rings. The molecule has 0 spiro atoms. The van der Waals surface area contributed by atoms with E-state index in [1.54, 1.807) is 0 Å². The first kappa shape index (κ1) is 9.47. The molecule has 0 radical (unpaired) electrons. The fourth-order valence-electron chi connectivity index (χ4n) is 2.11. The van der Waals surface area contributed by atoms with Gasteiger partial charge in [0.1, 0.15) is 0 Å². The predicted octanol–water partition coefficient (Wildman–Crippen LogP) is 1.47. The maximum Gasteiger partial charge on any atom is 0.00914 e. The van der Waals surface area contributed by atoms with Crippen molar-refractivity contribution in [1.82, 2.24) is 10.2 Å². The molecule has 0 unspecified atom stereocenters. The van der Waals surface area contributed by atoms with Crippen molar-refractivity contribution in [3.8, 4) is 0 Å². The van der Waals surface area contributed by atoms with E-state index in [0.717, 1.165) is 12.0 Å². The molecule has 76 valence electrons. The van der Waals surface area contributed by atoms with Crippen LogP contribution < -0.4 is 5.32 Å². The van der Waals surface area contributed by atoms with Crippen molar-refractivity contribution in [3.63, 3.8) is 0 Å². The fraction of sp³-hybridized carbons (Fsp3) is 1.00. The van der Waals surface area contributed by atoms with Crippen LogP contribution in [0.1, 0.15) is 32.1 Å². The average Bonchev–Trinajstić information content (AvgIpc) is 2.92. The highest BCUT2D eigenvalue weighted by Crippen LogP contribution is 2.31. The van der Waals surface area contributed by atoms with Crippen molar-refractivity contribution in [2.24, 2.45) is 5.92 Å². The lowest BCUT2D eigenvalue weighted by molar-refractivity contribution is 0.234. The zero-order valence-corrected chi connectivity index (χ0v) is 8.76. The maximum atomic E-state index is 3.69. The fourth-order valence-corrected chi connectivity index (χ4v) is 2.11. The van der Waals surface area contributed by atoms with E-state index < -0.39 is 0 Å². The lowest BCUT2D eigenvalue weighted by atomic mass is 10.1. The van der Waals surface area contributed by atoms with Crippen LogP contribution in [-0.4, -0.2) is 37.6 Å². The molecule has 0 aromatic rings. The molecule has 2 nitrogen and oxygen atoms in total. The molecular formula is C11H22N2. The van der Waals surface area contributed by atoms with Crippen LogP contribution in [0, 0.1) is 5.92 Å². The Labute approximate surface area is 81.7 Å². The van der Waals surface area contributed by atoms with E-state index in [1.165, 1.54) is 51.7 Å². The van der Waals surface area contributed by atoms with Crippen molar-refractivity contribution in [2.45, 2.75) is 38.1 Å². The molecule has 1 saturated heterocycles. The Morgan fingerprint density at radius 2 is 1.85 bits per heavy atom. The van der Waals surface area contributed by atoms with E-state index in [9.17, 15) is 0 Å². The first-order valence-corrected chi connectivity index (χ1v) is 5.76. The Balaban J connectivity index is 1.53. The zero-order chi connectivity index (χ0) is 9.10. The highest BCUT2D eigenvalue weighted by Gasteiger charge is 2.21. The largest absolute Gasteiger partial charge is 0.314 e. The van der Waals surface area contributed by atoms with Crippen molar-refractivity contribution >= 4 is 0 Å². The third kappa shape index (κ3) is 3.28. The summed E-state index contributed by atoms with van der Waals surface area (Å²) in [5, 5.41) is 3.69. The van der Waals surface area contributed by atoms with Gasteiger partial charge in [0.05, 0.1) is 0 Å². The molecule has 0 aromatic heterocycles. The van der Waals surface area contributed by atoms with Crippen molar-refractivity contribution in [2.75, 3.05) is 26.7 Å². The molecule has 1 heterocycles. The molecule has 0 bridgehead atoms. The number of rotatable bonds is 4. The minimum absolute atomic E-state index is 0.815. The van der Waals surface area contributed by atoms with Gasteiger partial charge in [-0.2, -0.15) is 0 Å². The second kappa shape index (κ2) is 4.43. The third-order valence-corrected chi connectivity index (χ3v) is 3.40. The molecule has 2 aliphatic rings. The van der Waals surface area contributed by atoms with Gasteiger partial charge in [-0.25, -0.2) is 0 Å². The van der Waals surface area contributed by atoms with E-state index in [-0.39, 0.29) is 0 Å². The lowest BCUT2D eigenvalue weighted by Crippen LogP contribution is -2.41. The average molecular weight is 182 g/mol. The second-order valence-corrected chi connectivity index (χ2v) is 4.76. The topological polar surface area (TPSA) is 15.3 Å². The molecule has 2 rings (SSSR count). The van der Waals surface area contributed by atoms with Crippen LogP contribution in [0.25, 0.3) is 0 Å². The zero-order valence-electron chi connectivity index (χ0n) is 8.76. The monoisotopic (exact) mass is 182 g/mol. The summed E-state index contributed by atoms with van der Waals surface area (Å²) in [7, 11) is 2.22. The van der Waals surface area contributed by atoms with Gasteiger partial charge in [0.2, 0.25) is 0 Å². The molecule has 1 N–H and O–H groups in total. The smallest absolute Gasteiger partial charge is 0.00914 e. The molecular weight excluding hydrogens is 160 g/mol. The van der Waals surface area contributed by atoms with Gasteiger partial charge < -0.3 is 10.2 Å². The third-order valence-electron chi connectivity index (χ3n) is 3.40. The van der Waals surface area contributed by atoms with Gasteiger partial charge in [0.15, 0.2) is 0 Å². The van der Waals surface area contributed by atoms with Crippen LogP contribution >= 0.6 is 0 Å². The standard InChI is InChI=1S/C11H22N2/c1-13-8-5-11(6-9-13)12-7-4-10-2-3-10/h10-12H,2-9H2,1H3. The van der Waals surface area contributed by atoms with Gasteiger partial charge in [0.25, 0.3) is 0 Å². The van der Waals surface area contributed by atoms with E-state index >= 15 is 0 Å². The summed E-state index contributed by atoms with van der Waals surface area (Å²) >= 11 is 0. The summed E-state index contributed by atoms with van der Waals surface area (Å²) < 4.78 is 0. The quantitative estimate of drug-likeness (QED) is 0.708. The van der Waals surface area contributed by atoms with Gasteiger partial charge in [-0.05, 0) is 51.9 Å². The van der Waals surface area contributed by atoms with Gasteiger partial charge in [0, 0.05) is 6.04 Å². The van der Waals surface area contributed by atoms with E-state index in [4.69, 9.17) is 0 Å². The molecule has 0 amide bonds. The highest BCUT2D eigenvalue weighted by atomic mass is 15.1. The SMILES string of the molecule is CN1CCC(NCCC2CC2)CC1. The Hall–Kier alpha value is -0.0800. The minimum Gasteiger partial charge on any atom is -0.314 e. The summed E-state index contributed by atoms with van der Waals surface area (Å²) in [5.74, 6) is 1.08. The summed E-state index contributed by atoms with van der Waals surface area (Å²) in [4.78, 5) is 2.43. The number of likely N-dealkylation sites (tertiary alicyclic amines) is 1. The Bertz CT molecular complexity index is 146. The first-order chi connectivity index (χ1) is 6.34. The van der Waals surface area contributed by atoms with Crippen molar-refractivity contribution < 1.29 is 0 Å². The molecule has 1 aliphatic carbocycles. The second-order valence-electron chi connectivity index (χ2n) is 4.76. The van der Waals surface area contributed by atoms with Crippen LogP contribution in [0.3, 0.4) is 0 Å². The van der Waals surface area contributed by atoms with Crippen LogP contribution in [0.5, 0.6) is 0 Å². The van der Waals surface area contributed by atoms with Crippen molar-refractivity contribution in [1.29, 1.82) is 0 Å². The van der Waals surface area contributed by atoms with Crippen LogP contribution in [-0.2, 0) is 0 Å². The number of hydrogen-bond donors (Lipinski definition) is 1. The summed E-state index contributed by atoms with van der Waals surface area (Å²) in [6, 6.07) is 0.815. The van der Waals surface area contributed by atoms with Gasteiger partial charge in [-0.3, -0.25) is 0 Å². The maximum absolute atomic E-state index is 3.69. The highest BCUT2D eigenvalue weighted by molar-refractivity contribution is 4.78. The lowest BCUT2D eigenvalue weighted by Gasteiger charge is -2.29. The molecule has 1 saturated carbocycles.